The number of benzene rings is 2. The van der Waals surface area contributed by atoms with E-state index >= 15 is 0 Å². The zero-order chi connectivity index (χ0) is 31.4. The zero-order valence-electron chi connectivity index (χ0n) is 26.5. The van der Waals surface area contributed by atoms with Gasteiger partial charge in [0.15, 0.2) is 5.82 Å². The first-order valence-corrected chi connectivity index (χ1v) is 18.3. The monoisotopic (exact) mass is 630 g/mol. The van der Waals surface area contributed by atoms with E-state index in [2.05, 4.69) is 60.1 Å². The molecule has 4 heterocycles. The average molecular weight is 631 g/mol. The number of ether oxygens (including phenoxy) is 1. The summed E-state index contributed by atoms with van der Waals surface area (Å²) in [4.78, 5) is 14.6. The van der Waals surface area contributed by atoms with Crippen LogP contribution in [0.4, 0.5) is 28.8 Å². The van der Waals surface area contributed by atoms with Gasteiger partial charge >= 0.3 is 0 Å². The van der Waals surface area contributed by atoms with Crippen LogP contribution in [0.25, 0.3) is 5.69 Å². The number of methoxy groups -OCH3 is 1. The second-order valence-electron chi connectivity index (χ2n) is 11.9. The lowest BCUT2D eigenvalue weighted by atomic mass is 9.99. The molecule has 2 fully saturated rings. The van der Waals surface area contributed by atoms with Gasteiger partial charge in [-0.2, -0.15) is 4.98 Å². The summed E-state index contributed by atoms with van der Waals surface area (Å²) in [7, 11) is -0.870. The van der Waals surface area contributed by atoms with Crippen molar-refractivity contribution < 1.29 is 9.30 Å². The molecule has 3 N–H and O–H groups in total. The molecule has 12 nitrogen and oxygen atoms in total. The molecular formula is C32H43N10O2P. The third-order valence-electron chi connectivity index (χ3n) is 8.68. The van der Waals surface area contributed by atoms with Crippen LogP contribution in [0.5, 0.6) is 5.75 Å². The van der Waals surface area contributed by atoms with Crippen LogP contribution in [0.3, 0.4) is 0 Å². The van der Waals surface area contributed by atoms with Crippen molar-refractivity contribution in [2.45, 2.75) is 32.2 Å². The lowest BCUT2D eigenvalue weighted by Crippen LogP contribution is -2.52. The van der Waals surface area contributed by atoms with Crippen LogP contribution in [-0.4, -0.2) is 95.6 Å². The first-order valence-electron chi connectivity index (χ1n) is 15.7. The number of nitrogens with one attached hydrogen (secondary N) is 3. The van der Waals surface area contributed by atoms with Crippen molar-refractivity contribution in [2.75, 3.05) is 75.2 Å². The quantitative estimate of drug-likeness (QED) is 0.218. The standard InChI is InChI=1S/C32H43N10O2P/c1-5-23-20-26(29(44-2)21-27(23)41-15-10-24(11-16-41)40-17-12-33-13-18-40)37-32-34-22-28(42-19-14-35-39-42)31(38-32)36-25-8-6-7-9-30(25)45(3,4)43/h6-9,14,19-22,24,33H,5,10-13,15-18H2,1-4H3,(H2,34,36,37,38). The molecule has 0 spiro atoms. The minimum atomic E-state index is -2.56. The first kappa shape index (κ1) is 31.0. The summed E-state index contributed by atoms with van der Waals surface area (Å²) in [6.07, 6.45) is 8.24. The SMILES string of the molecule is CCc1cc(Nc2ncc(-n3ccnn3)c(Nc3ccccc3P(C)(C)=O)n2)c(OC)cc1N1CCC(N2CCNCC2)CC1. The minimum Gasteiger partial charge on any atom is -0.494 e. The first-order chi connectivity index (χ1) is 21.8. The van der Waals surface area contributed by atoms with E-state index in [0.717, 1.165) is 62.4 Å². The highest BCUT2D eigenvalue weighted by Crippen LogP contribution is 2.39. The number of rotatable bonds is 10. The molecule has 4 aromatic rings. The Morgan fingerprint density at radius 2 is 1.80 bits per heavy atom. The Hall–Kier alpha value is -3.99. The molecule has 0 aliphatic carbocycles. The predicted molar refractivity (Wildman–Crippen MR) is 181 cm³/mol. The van der Waals surface area contributed by atoms with E-state index in [4.69, 9.17) is 9.72 Å². The highest BCUT2D eigenvalue weighted by atomic mass is 31.2. The molecular weight excluding hydrogens is 587 g/mol. The molecule has 45 heavy (non-hydrogen) atoms. The number of para-hydroxylation sites is 1. The molecule has 0 bridgehead atoms. The van der Waals surface area contributed by atoms with Crippen molar-refractivity contribution in [3.63, 3.8) is 0 Å². The molecule has 2 aromatic heterocycles. The van der Waals surface area contributed by atoms with Gasteiger partial charge in [-0.1, -0.05) is 24.3 Å². The lowest BCUT2D eigenvalue weighted by Gasteiger charge is -2.41. The molecule has 6 rings (SSSR count). The van der Waals surface area contributed by atoms with Gasteiger partial charge in [0.1, 0.15) is 18.6 Å². The van der Waals surface area contributed by atoms with Crippen molar-refractivity contribution in [1.29, 1.82) is 0 Å². The number of nitrogens with zero attached hydrogens (tertiary/aromatic N) is 7. The number of piperidine rings is 1. The van der Waals surface area contributed by atoms with E-state index in [9.17, 15) is 4.57 Å². The van der Waals surface area contributed by atoms with Gasteiger partial charge in [0.05, 0.1) is 37.1 Å². The fourth-order valence-electron chi connectivity index (χ4n) is 6.31. The van der Waals surface area contributed by atoms with Crippen LogP contribution in [0, 0.1) is 0 Å². The van der Waals surface area contributed by atoms with Crippen LogP contribution in [0.2, 0.25) is 0 Å². The number of hydrogen-bond donors (Lipinski definition) is 3. The second kappa shape index (κ2) is 13.6. The molecule has 2 aromatic carbocycles. The molecule has 2 saturated heterocycles. The average Bonchev–Trinajstić information content (AvgIpc) is 3.60. The van der Waals surface area contributed by atoms with E-state index in [1.807, 2.05) is 24.3 Å². The number of hydrogen-bond acceptors (Lipinski definition) is 11. The van der Waals surface area contributed by atoms with Crippen LogP contribution in [0.1, 0.15) is 25.3 Å². The summed E-state index contributed by atoms with van der Waals surface area (Å²) in [5, 5.41) is 19.1. The van der Waals surface area contributed by atoms with Crippen molar-refractivity contribution in [3.05, 3.63) is 60.6 Å². The number of anilines is 5. The van der Waals surface area contributed by atoms with Crippen LogP contribution < -0.4 is 30.9 Å². The van der Waals surface area contributed by atoms with Gasteiger partial charge in [0.2, 0.25) is 5.95 Å². The van der Waals surface area contributed by atoms with Crippen LogP contribution in [-0.2, 0) is 11.0 Å². The van der Waals surface area contributed by atoms with Gasteiger partial charge in [-0.3, -0.25) is 4.90 Å². The largest absolute Gasteiger partial charge is 0.494 e. The second-order valence-corrected chi connectivity index (χ2v) is 15.1. The molecule has 2 aliphatic heterocycles. The predicted octanol–water partition coefficient (Wildman–Crippen LogP) is 4.24. The molecule has 0 radical (unpaired) electrons. The highest BCUT2D eigenvalue weighted by Gasteiger charge is 2.27. The lowest BCUT2D eigenvalue weighted by molar-refractivity contribution is 0.150. The number of aryl methyl sites for hydroxylation is 1. The summed E-state index contributed by atoms with van der Waals surface area (Å²) < 4.78 is 20.6. The molecule has 0 unspecified atom stereocenters. The van der Waals surface area contributed by atoms with Crippen molar-refractivity contribution in [2.24, 2.45) is 0 Å². The highest BCUT2D eigenvalue weighted by molar-refractivity contribution is 7.70. The van der Waals surface area contributed by atoms with Gasteiger partial charge in [0, 0.05) is 62.4 Å². The third kappa shape index (κ3) is 6.98. The fourth-order valence-corrected chi connectivity index (χ4v) is 7.46. The maximum atomic E-state index is 13.1. The van der Waals surface area contributed by atoms with E-state index in [1.54, 1.807) is 43.7 Å². The van der Waals surface area contributed by atoms with Crippen LogP contribution >= 0.6 is 7.14 Å². The number of aromatic nitrogens is 5. The van der Waals surface area contributed by atoms with E-state index < -0.39 is 7.14 Å². The van der Waals surface area contributed by atoms with Crippen LogP contribution in [0.15, 0.2) is 55.0 Å². The molecule has 0 saturated carbocycles. The fraction of sp³-hybridized carbons (Fsp3) is 0.438. The van der Waals surface area contributed by atoms with Crippen molar-refractivity contribution >= 4 is 41.3 Å². The molecule has 13 heteroatoms. The summed E-state index contributed by atoms with van der Waals surface area (Å²) in [5.74, 6) is 1.62. The van der Waals surface area contributed by atoms with Gasteiger partial charge < -0.3 is 30.2 Å². The zero-order valence-corrected chi connectivity index (χ0v) is 27.4. The Morgan fingerprint density at radius 1 is 1.02 bits per heavy atom. The van der Waals surface area contributed by atoms with E-state index in [1.165, 1.54) is 24.1 Å². The van der Waals surface area contributed by atoms with Gasteiger partial charge in [-0.15, -0.1) is 5.10 Å². The molecule has 238 valence electrons. The minimum absolute atomic E-state index is 0.389. The smallest absolute Gasteiger partial charge is 0.229 e. The molecule has 2 aliphatic rings. The van der Waals surface area contributed by atoms with Crippen molar-refractivity contribution in [1.82, 2.24) is 35.2 Å². The normalized spacial score (nSPS) is 16.5. The van der Waals surface area contributed by atoms with E-state index in [-0.39, 0.29) is 0 Å². The Morgan fingerprint density at radius 3 is 2.49 bits per heavy atom. The maximum absolute atomic E-state index is 13.1. The summed E-state index contributed by atoms with van der Waals surface area (Å²) in [6, 6.07) is 12.5. The Balaban J connectivity index is 1.27. The Labute approximate surface area is 265 Å². The van der Waals surface area contributed by atoms with E-state index in [0.29, 0.717) is 29.2 Å². The Bertz CT molecular complexity index is 1640. The summed E-state index contributed by atoms with van der Waals surface area (Å²) in [6.45, 7) is 12.2. The summed E-state index contributed by atoms with van der Waals surface area (Å²) >= 11 is 0. The van der Waals surface area contributed by atoms with Gasteiger partial charge in [-0.05, 0) is 56.4 Å². The third-order valence-corrected chi connectivity index (χ3v) is 10.2. The maximum Gasteiger partial charge on any atom is 0.229 e. The van der Waals surface area contributed by atoms with Gasteiger partial charge in [0.25, 0.3) is 0 Å². The number of piperazine rings is 1. The van der Waals surface area contributed by atoms with Gasteiger partial charge in [-0.25, -0.2) is 9.67 Å². The topological polar surface area (TPSA) is 125 Å². The molecule has 0 amide bonds. The Kier molecular flexibility index (Phi) is 9.34. The van der Waals surface area contributed by atoms with Crippen molar-refractivity contribution in [3.8, 4) is 11.4 Å². The molecule has 0 atom stereocenters. The summed E-state index contributed by atoms with van der Waals surface area (Å²) in [5.41, 5.74) is 4.58.